The molecule has 0 aromatic heterocycles. The molecule has 0 radical (unpaired) electrons. The SMILES string of the molecule is CC1CNCC1N(C)C1CCOC1C. The lowest BCUT2D eigenvalue weighted by Crippen LogP contribution is -2.46. The molecule has 0 aliphatic carbocycles. The third kappa shape index (κ3) is 1.81. The first kappa shape index (κ1) is 10.4. The minimum absolute atomic E-state index is 0.410. The van der Waals surface area contributed by atoms with Crippen LogP contribution in [0.5, 0.6) is 0 Å². The number of hydrogen-bond acceptors (Lipinski definition) is 3. The van der Waals surface area contributed by atoms with E-state index in [9.17, 15) is 0 Å². The van der Waals surface area contributed by atoms with Crippen molar-refractivity contribution in [1.29, 1.82) is 0 Å². The van der Waals surface area contributed by atoms with Crippen molar-refractivity contribution >= 4 is 0 Å². The summed E-state index contributed by atoms with van der Waals surface area (Å²) in [4.78, 5) is 2.53. The lowest BCUT2D eigenvalue weighted by atomic mass is 10.0. The van der Waals surface area contributed by atoms with E-state index < -0.39 is 0 Å². The van der Waals surface area contributed by atoms with Gasteiger partial charge in [-0.3, -0.25) is 4.90 Å². The lowest BCUT2D eigenvalue weighted by molar-refractivity contribution is 0.0637. The van der Waals surface area contributed by atoms with Crippen LogP contribution in [-0.4, -0.2) is 49.8 Å². The zero-order valence-electron chi connectivity index (χ0n) is 9.49. The van der Waals surface area contributed by atoms with Gasteiger partial charge < -0.3 is 10.1 Å². The summed E-state index contributed by atoms with van der Waals surface area (Å²) in [5.74, 6) is 0.771. The Labute approximate surface area is 86.8 Å². The van der Waals surface area contributed by atoms with E-state index in [1.807, 2.05) is 0 Å². The molecule has 82 valence electrons. The van der Waals surface area contributed by atoms with Crippen molar-refractivity contribution in [3.05, 3.63) is 0 Å². The van der Waals surface area contributed by atoms with E-state index in [0.29, 0.717) is 18.2 Å². The third-order valence-electron chi connectivity index (χ3n) is 3.86. The number of likely N-dealkylation sites (N-methyl/N-ethyl adjacent to an activating group) is 1. The Bertz CT molecular complexity index is 178. The van der Waals surface area contributed by atoms with Gasteiger partial charge in [-0.05, 0) is 32.9 Å². The third-order valence-corrected chi connectivity index (χ3v) is 3.86. The highest BCUT2D eigenvalue weighted by Crippen LogP contribution is 2.24. The summed E-state index contributed by atoms with van der Waals surface area (Å²) in [6.07, 6.45) is 1.61. The molecule has 0 amide bonds. The van der Waals surface area contributed by atoms with Gasteiger partial charge in [0.15, 0.2) is 0 Å². The van der Waals surface area contributed by atoms with Gasteiger partial charge >= 0.3 is 0 Å². The molecule has 1 N–H and O–H groups in total. The van der Waals surface area contributed by atoms with Crippen LogP contribution >= 0.6 is 0 Å². The van der Waals surface area contributed by atoms with Crippen molar-refractivity contribution in [2.75, 3.05) is 26.7 Å². The number of hydrogen-bond donors (Lipinski definition) is 1. The summed E-state index contributed by atoms with van der Waals surface area (Å²) in [7, 11) is 2.25. The molecule has 4 unspecified atom stereocenters. The molecule has 2 heterocycles. The summed E-state index contributed by atoms with van der Waals surface area (Å²) >= 11 is 0. The van der Waals surface area contributed by atoms with Crippen LogP contribution in [0.15, 0.2) is 0 Å². The normalized spacial score (nSPS) is 43.7. The largest absolute Gasteiger partial charge is 0.377 e. The maximum atomic E-state index is 5.62. The molecule has 0 saturated carbocycles. The highest BCUT2D eigenvalue weighted by molar-refractivity contribution is 4.91. The van der Waals surface area contributed by atoms with E-state index in [2.05, 4.69) is 31.1 Å². The average Bonchev–Trinajstić information content (AvgIpc) is 2.73. The van der Waals surface area contributed by atoms with Gasteiger partial charge in [0, 0.05) is 25.2 Å². The fraction of sp³-hybridized carbons (Fsp3) is 1.00. The van der Waals surface area contributed by atoms with Crippen LogP contribution in [0.3, 0.4) is 0 Å². The van der Waals surface area contributed by atoms with Gasteiger partial charge in [0.1, 0.15) is 0 Å². The molecule has 2 fully saturated rings. The Kier molecular flexibility index (Phi) is 3.10. The quantitative estimate of drug-likeness (QED) is 0.707. The van der Waals surface area contributed by atoms with E-state index in [-0.39, 0.29) is 0 Å². The van der Waals surface area contributed by atoms with Gasteiger partial charge in [-0.1, -0.05) is 6.92 Å². The van der Waals surface area contributed by atoms with E-state index in [0.717, 1.165) is 25.6 Å². The maximum absolute atomic E-state index is 5.62. The minimum atomic E-state index is 0.410. The molecule has 2 aliphatic rings. The molecule has 4 atom stereocenters. The number of nitrogens with one attached hydrogen (secondary N) is 1. The highest BCUT2D eigenvalue weighted by Gasteiger charge is 2.35. The molecule has 2 saturated heterocycles. The van der Waals surface area contributed by atoms with Gasteiger partial charge in [-0.2, -0.15) is 0 Å². The standard InChI is InChI=1S/C11H22N2O/c1-8-6-12-7-11(8)13(3)10-4-5-14-9(10)2/h8-12H,4-7H2,1-3H3. The Morgan fingerprint density at radius 2 is 2.00 bits per heavy atom. The van der Waals surface area contributed by atoms with Gasteiger partial charge in [0.2, 0.25) is 0 Å². The first-order valence-corrected chi connectivity index (χ1v) is 5.74. The van der Waals surface area contributed by atoms with Crippen molar-refractivity contribution in [3.63, 3.8) is 0 Å². The summed E-state index contributed by atoms with van der Waals surface area (Å²) in [5, 5.41) is 3.46. The lowest BCUT2D eigenvalue weighted by Gasteiger charge is -2.33. The summed E-state index contributed by atoms with van der Waals surface area (Å²) < 4.78 is 5.62. The fourth-order valence-electron chi connectivity index (χ4n) is 2.84. The molecule has 2 aliphatic heterocycles. The van der Waals surface area contributed by atoms with Crippen molar-refractivity contribution in [2.45, 2.75) is 38.5 Å². The maximum Gasteiger partial charge on any atom is 0.0703 e. The Morgan fingerprint density at radius 1 is 1.21 bits per heavy atom. The van der Waals surface area contributed by atoms with Gasteiger partial charge in [-0.15, -0.1) is 0 Å². The van der Waals surface area contributed by atoms with Crippen molar-refractivity contribution in [3.8, 4) is 0 Å². The van der Waals surface area contributed by atoms with Crippen LogP contribution in [-0.2, 0) is 4.74 Å². The van der Waals surface area contributed by atoms with Crippen molar-refractivity contribution in [1.82, 2.24) is 10.2 Å². The number of nitrogens with zero attached hydrogens (tertiary/aromatic N) is 1. The van der Waals surface area contributed by atoms with Crippen molar-refractivity contribution < 1.29 is 4.74 Å². The molecular formula is C11H22N2O. The number of rotatable bonds is 2. The van der Waals surface area contributed by atoms with Crippen LogP contribution in [0.4, 0.5) is 0 Å². The summed E-state index contributed by atoms with van der Waals surface area (Å²) in [5.41, 5.74) is 0. The molecule has 0 spiro atoms. The zero-order valence-corrected chi connectivity index (χ0v) is 9.49. The average molecular weight is 198 g/mol. The molecule has 3 heteroatoms. The smallest absolute Gasteiger partial charge is 0.0703 e. The molecule has 3 nitrogen and oxygen atoms in total. The second kappa shape index (κ2) is 4.17. The van der Waals surface area contributed by atoms with Crippen LogP contribution in [0.1, 0.15) is 20.3 Å². The molecular weight excluding hydrogens is 176 g/mol. The predicted molar refractivity (Wildman–Crippen MR) is 57.4 cm³/mol. The molecule has 0 bridgehead atoms. The van der Waals surface area contributed by atoms with Gasteiger partial charge in [-0.25, -0.2) is 0 Å². The monoisotopic (exact) mass is 198 g/mol. The van der Waals surface area contributed by atoms with Gasteiger partial charge in [0.25, 0.3) is 0 Å². The predicted octanol–water partition coefficient (Wildman–Crippen LogP) is 0.703. The summed E-state index contributed by atoms with van der Waals surface area (Å²) in [6.45, 7) is 7.77. The van der Waals surface area contributed by atoms with Crippen LogP contribution < -0.4 is 5.32 Å². The Hall–Kier alpha value is -0.120. The Balaban J connectivity index is 1.96. The molecule has 0 aromatic carbocycles. The van der Waals surface area contributed by atoms with E-state index in [1.165, 1.54) is 6.42 Å². The van der Waals surface area contributed by atoms with Crippen molar-refractivity contribution in [2.24, 2.45) is 5.92 Å². The van der Waals surface area contributed by atoms with Gasteiger partial charge in [0.05, 0.1) is 6.10 Å². The first-order valence-electron chi connectivity index (χ1n) is 5.74. The topological polar surface area (TPSA) is 24.5 Å². The number of ether oxygens (including phenoxy) is 1. The minimum Gasteiger partial charge on any atom is -0.377 e. The molecule has 14 heavy (non-hydrogen) atoms. The van der Waals surface area contributed by atoms with Crippen LogP contribution in [0.25, 0.3) is 0 Å². The van der Waals surface area contributed by atoms with Crippen LogP contribution in [0, 0.1) is 5.92 Å². The summed E-state index contributed by atoms with van der Waals surface area (Å²) in [6, 6.07) is 1.33. The van der Waals surface area contributed by atoms with Crippen LogP contribution in [0.2, 0.25) is 0 Å². The first-order chi connectivity index (χ1) is 6.70. The second-order valence-corrected chi connectivity index (χ2v) is 4.80. The van der Waals surface area contributed by atoms with E-state index in [1.54, 1.807) is 0 Å². The van der Waals surface area contributed by atoms with E-state index >= 15 is 0 Å². The fourth-order valence-corrected chi connectivity index (χ4v) is 2.84. The van der Waals surface area contributed by atoms with E-state index in [4.69, 9.17) is 4.74 Å². The zero-order chi connectivity index (χ0) is 10.1. The molecule has 0 aromatic rings. The highest BCUT2D eigenvalue weighted by atomic mass is 16.5. The Morgan fingerprint density at radius 3 is 2.50 bits per heavy atom. The second-order valence-electron chi connectivity index (χ2n) is 4.80. The molecule has 2 rings (SSSR count).